The van der Waals surface area contributed by atoms with Crippen molar-refractivity contribution in [3.8, 4) is 0 Å². The van der Waals surface area contributed by atoms with E-state index in [0.29, 0.717) is 32.4 Å². The Morgan fingerprint density at radius 2 is 2.20 bits per heavy atom. The lowest BCUT2D eigenvalue weighted by Crippen LogP contribution is -2.49. The summed E-state index contributed by atoms with van der Waals surface area (Å²) in [6, 6.07) is 3.47. The van der Waals surface area contributed by atoms with Crippen molar-refractivity contribution in [2.45, 2.75) is 51.3 Å². The largest absolute Gasteiger partial charge is 0.377 e. The molecule has 0 bridgehead atoms. The molecule has 1 aliphatic rings. The van der Waals surface area contributed by atoms with Gasteiger partial charge in [-0.1, -0.05) is 13.0 Å². The summed E-state index contributed by atoms with van der Waals surface area (Å²) in [6.45, 7) is 2.99. The van der Waals surface area contributed by atoms with Gasteiger partial charge in [0.15, 0.2) is 0 Å². The molecule has 1 heterocycles. The SMILES string of the molecule is CCCO[C@@H]1C[C@@H](C(=O)NCc2cccnc2)CC[C@H]1NS(C)(=O)=O. The standard InChI is InChI=1S/C17H27N3O4S/c1-3-9-24-16-10-14(6-7-15(16)20-25(2,22)23)17(21)19-12-13-5-4-8-18-11-13/h4-5,8,11,14-16,20H,3,6-7,9-10,12H2,1-2H3,(H,19,21)/t14-,15+,16+/m0/s1. The Bertz CT molecular complexity index is 651. The van der Waals surface area contributed by atoms with Gasteiger partial charge in [0.05, 0.1) is 12.4 Å². The van der Waals surface area contributed by atoms with Crippen LogP contribution in [0.4, 0.5) is 0 Å². The fourth-order valence-electron chi connectivity index (χ4n) is 3.07. The first-order valence-corrected chi connectivity index (χ1v) is 10.5. The van der Waals surface area contributed by atoms with Gasteiger partial charge < -0.3 is 10.1 Å². The van der Waals surface area contributed by atoms with E-state index in [-0.39, 0.29) is 24.0 Å². The van der Waals surface area contributed by atoms with E-state index >= 15 is 0 Å². The highest BCUT2D eigenvalue weighted by Gasteiger charge is 2.35. The Hall–Kier alpha value is -1.51. The highest BCUT2D eigenvalue weighted by atomic mass is 32.2. The van der Waals surface area contributed by atoms with Crippen molar-refractivity contribution < 1.29 is 17.9 Å². The summed E-state index contributed by atoms with van der Waals surface area (Å²) in [5.41, 5.74) is 0.946. The second-order valence-corrected chi connectivity index (χ2v) is 8.27. The first-order valence-electron chi connectivity index (χ1n) is 8.64. The van der Waals surface area contributed by atoms with Crippen LogP contribution in [0.5, 0.6) is 0 Å². The predicted octanol–water partition coefficient (Wildman–Crippen LogP) is 1.21. The van der Waals surface area contributed by atoms with E-state index in [2.05, 4.69) is 15.0 Å². The third kappa shape index (κ3) is 6.72. The van der Waals surface area contributed by atoms with Crippen LogP contribution in [0, 0.1) is 5.92 Å². The van der Waals surface area contributed by atoms with Gasteiger partial charge in [0.1, 0.15) is 0 Å². The number of aromatic nitrogens is 1. The summed E-state index contributed by atoms with van der Waals surface area (Å²) >= 11 is 0. The maximum absolute atomic E-state index is 12.5. The third-order valence-corrected chi connectivity index (χ3v) is 4.98. The van der Waals surface area contributed by atoms with E-state index in [0.717, 1.165) is 18.2 Å². The molecule has 0 radical (unpaired) electrons. The molecular formula is C17H27N3O4S. The molecule has 1 fully saturated rings. The zero-order valence-corrected chi connectivity index (χ0v) is 15.6. The number of carbonyl (C=O) groups excluding carboxylic acids is 1. The number of hydrogen-bond acceptors (Lipinski definition) is 5. The zero-order valence-electron chi connectivity index (χ0n) is 14.8. The second-order valence-electron chi connectivity index (χ2n) is 6.49. The summed E-state index contributed by atoms with van der Waals surface area (Å²) in [4.78, 5) is 16.5. The number of carbonyl (C=O) groups is 1. The number of rotatable bonds is 8. The molecule has 0 saturated heterocycles. The molecule has 0 aromatic carbocycles. The summed E-state index contributed by atoms with van der Waals surface area (Å²) in [6.07, 6.45) is 6.88. The highest BCUT2D eigenvalue weighted by molar-refractivity contribution is 7.88. The summed E-state index contributed by atoms with van der Waals surface area (Å²) in [7, 11) is -3.30. The maximum Gasteiger partial charge on any atom is 0.223 e. The minimum atomic E-state index is -3.30. The van der Waals surface area contributed by atoms with E-state index in [1.165, 1.54) is 0 Å². The normalized spacial score (nSPS) is 24.0. The second kappa shape index (κ2) is 9.26. The van der Waals surface area contributed by atoms with Crippen LogP contribution >= 0.6 is 0 Å². The lowest BCUT2D eigenvalue weighted by molar-refractivity contribution is -0.128. The monoisotopic (exact) mass is 369 g/mol. The zero-order chi connectivity index (χ0) is 18.3. The fourth-order valence-corrected chi connectivity index (χ4v) is 3.89. The lowest BCUT2D eigenvalue weighted by Gasteiger charge is -2.35. The first kappa shape index (κ1) is 19.8. The Kier molecular flexibility index (Phi) is 7.34. The molecule has 1 aliphatic carbocycles. The van der Waals surface area contributed by atoms with Gasteiger partial charge in [-0.2, -0.15) is 0 Å². The van der Waals surface area contributed by atoms with Crippen molar-refractivity contribution in [3.05, 3.63) is 30.1 Å². The third-order valence-electron chi connectivity index (χ3n) is 4.25. The molecule has 1 aromatic heterocycles. The molecule has 3 atom stereocenters. The van der Waals surface area contributed by atoms with Gasteiger partial charge in [-0.15, -0.1) is 0 Å². The molecule has 1 aromatic rings. The van der Waals surface area contributed by atoms with Crippen LogP contribution in [0.25, 0.3) is 0 Å². The van der Waals surface area contributed by atoms with E-state index < -0.39 is 10.0 Å². The molecular weight excluding hydrogens is 342 g/mol. The Balaban J connectivity index is 1.92. The van der Waals surface area contributed by atoms with Crippen molar-refractivity contribution in [1.29, 1.82) is 0 Å². The number of amides is 1. The smallest absolute Gasteiger partial charge is 0.223 e. The van der Waals surface area contributed by atoms with Crippen molar-refractivity contribution >= 4 is 15.9 Å². The van der Waals surface area contributed by atoms with Crippen LogP contribution < -0.4 is 10.0 Å². The molecule has 0 aliphatic heterocycles. The van der Waals surface area contributed by atoms with Gasteiger partial charge in [-0.25, -0.2) is 13.1 Å². The van der Waals surface area contributed by atoms with Gasteiger partial charge in [-0.05, 0) is 37.3 Å². The molecule has 8 heteroatoms. The Morgan fingerprint density at radius 1 is 1.40 bits per heavy atom. The number of nitrogens with one attached hydrogen (secondary N) is 2. The van der Waals surface area contributed by atoms with Gasteiger partial charge in [0.2, 0.25) is 15.9 Å². The number of ether oxygens (including phenoxy) is 1. The van der Waals surface area contributed by atoms with Crippen LogP contribution in [0.1, 0.15) is 38.2 Å². The molecule has 1 amide bonds. The fraction of sp³-hybridized carbons (Fsp3) is 0.647. The topological polar surface area (TPSA) is 97.4 Å². The minimum Gasteiger partial charge on any atom is -0.377 e. The average Bonchev–Trinajstić information content (AvgIpc) is 2.58. The van der Waals surface area contributed by atoms with Crippen LogP contribution in [0.2, 0.25) is 0 Å². The van der Waals surface area contributed by atoms with Crippen LogP contribution in [0.3, 0.4) is 0 Å². The molecule has 0 unspecified atom stereocenters. The lowest BCUT2D eigenvalue weighted by atomic mass is 9.83. The van der Waals surface area contributed by atoms with E-state index in [9.17, 15) is 13.2 Å². The Labute approximate surface area is 149 Å². The van der Waals surface area contributed by atoms with Crippen molar-refractivity contribution in [1.82, 2.24) is 15.0 Å². The number of pyridine rings is 1. The van der Waals surface area contributed by atoms with Crippen LogP contribution in [-0.4, -0.2) is 44.3 Å². The van der Waals surface area contributed by atoms with Crippen molar-refractivity contribution in [2.75, 3.05) is 12.9 Å². The molecule has 25 heavy (non-hydrogen) atoms. The summed E-state index contributed by atoms with van der Waals surface area (Å²) in [5.74, 6) is -0.192. The van der Waals surface area contributed by atoms with Crippen molar-refractivity contribution in [2.24, 2.45) is 5.92 Å². The number of sulfonamides is 1. The number of hydrogen-bond donors (Lipinski definition) is 2. The molecule has 2 N–H and O–H groups in total. The van der Waals surface area contributed by atoms with E-state index in [4.69, 9.17) is 4.74 Å². The predicted molar refractivity (Wildman–Crippen MR) is 95.2 cm³/mol. The maximum atomic E-state index is 12.5. The number of nitrogens with zero attached hydrogens (tertiary/aromatic N) is 1. The highest BCUT2D eigenvalue weighted by Crippen LogP contribution is 2.27. The molecule has 7 nitrogen and oxygen atoms in total. The first-order chi connectivity index (χ1) is 11.9. The molecule has 1 saturated carbocycles. The van der Waals surface area contributed by atoms with Crippen LogP contribution in [0.15, 0.2) is 24.5 Å². The van der Waals surface area contributed by atoms with Crippen LogP contribution in [-0.2, 0) is 26.1 Å². The molecule has 2 rings (SSSR count). The van der Waals surface area contributed by atoms with Gasteiger partial charge in [-0.3, -0.25) is 9.78 Å². The van der Waals surface area contributed by atoms with Gasteiger partial charge >= 0.3 is 0 Å². The quantitative estimate of drug-likeness (QED) is 0.718. The minimum absolute atomic E-state index is 0.0215. The molecule has 0 spiro atoms. The summed E-state index contributed by atoms with van der Waals surface area (Å²) in [5, 5.41) is 2.94. The Morgan fingerprint density at radius 3 is 2.84 bits per heavy atom. The van der Waals surface area contributed by atoms with E-state index in [1.807, 2.05) is 19.1 Å². The average molecular weight is 369 g/mol. The van der Waals surface area contributed by atoms with Gasteiger partial charge in [0, 0.05) is 37.5 Å². The van der Waals surface area contributed by atoms with Crippen molar-refractivity contribution in [3.63, 3.8) is 0 Å². The van der Waals surface area contributed by atoms with Gasteiger partial charge in [0.25, 0.3) is 0 Å². The van der Waals surface area contributed by atoms with E-state index in [1.54, 1.807) is 12.4 Å². The summed E-state index contributed by atoms with van der Waals surface area (Å²) < 4.78 is 31.5. The molecule has 140 valence electrons.